The molecule has 2 nitrogen and oxygen atoms in total. The Morgan fingerprint density at radius 2 is 1.88 bits per heavy atom. The number of aryl methyl sites for hydroxylation is 1. The van der Waals surface area contributed by atoms with Crippen molar-refractivity contribution in [3.8, 4) is 0 Å². The van der Waals surface area contributed by atoms with Crippen LogP contribution in [0, 0.1) is 6.92 Å². The number of aliphatic hydroxyl groups is 2. The molecule has 1 aliphatic rings. The van der Waals surface area contributed by atoms with Crippen LogP contribution in [0.1, 0.15) is 55.1 Å². The maximum Gasteiger partial charge on any atom is 0.109 e. The molecule has 0 spiro atoms. The van der Waals surface area contributed by atoms with Gasteiger partial charge in [0, 0.05) is 4.88 Å². The maximum absolute atomic E-state index is 10.6. The molecule has 0 aliphatic heterocycles. The summed E-state index contributed by atoms with van der Waals surface area (Å²) in [7, 11) is 0. The van der Waals surface area contributed by atoms with Gasteiger partial charge in [-0.25, -0.2) is 0 Å². The Bertz CT molecular complexity index is 337. The van der Waals surface area contributed by atoms with E-state index in [0.717, 1.165) is 36.1 Å². The van der Waals surface area contributed by atoms with Gasteiger partial charge in [-0.15, -0.1) is 11.3 Å². The van der Waals surface area contributed by atoms with Crippen molar-refractivity contribution in [2.45, 2.75) is 57.2 Å². The van der Waals surface area contributed by atoms with E-state index in [2.05, 4.69) is 0 Å². The molecule has 0 saturated heterocycles. The van der Waals surface area contributed by atoms with Crippen LogP contribution in [0.15, 0.2) is 11.4 Å². The van der Waals surface area contributed by atoms with E-state index in [0.29, 0.717) is 0 Å². The van der Waals surface area contributed by atoms with Crippen LogP contribution >= 0.6 is 11.3 Å². The number of aliphatic hydroxyl groups excluding tert-OH is 1. The minimum atomic E-state index is -0.900. The molecule has 1 atom stereocenters. The summed E-state index contributed by atoms with van der Waals surface area (Å²) in [5.74, 6) is 0. The molecule has 0 bridgehead atoms. The zero-order valence-corrected chi connectivity index (χ0v) is 10.6. The third-order valence-corrected chi connectivity index (χ3v) is 4.53. The lowest BCUT2D eigenvalue weighted by molar-refractivity contribution is -0.0867. The molecule has 1 aromatic rings. The van der Waals surface area contributed by atoms with Gasteiger partial charge in [0.25, 0.3) is 0 Å². The fourth-order valence-corrected chi connectivity index (χ4v) is 3.32. The molecule has 1 saturated carbocycles. The first-order valence-electron chi connectivity index (χ1n) is 6.08. The third-order valence-electron chi connectivity index (χ3n) is 3.67. The van der Waals surface area contributed by atoms with Crippen molar-refractivity contribution in [3.05, 3.63) is 21.9 Å². The van der Waals surface area contributed by atoms with Gasteiger partial charge >= 0.3 is 0 Å². The minimum absolute atomic E-state index is 0.711. The molecular formula is C13H20O2S. The van der Waals surface area contributed by atoms with E-state index < -0.39 is 11.7 Å². The van der Waals surface area contributed by atoms with Crippen LogP contribution in [-0.2, 0) is 0 Å². The monoisotopic (exact) mass is 240 g/mol. The summed E-state index contributed by atoms with van der Waals surface area (Å²) in [5, 5.41) is 22.9. The van der Waals surface area contributed by atoms with Gasteiger partial charge in [-0.2, -0.15) is 0 Å². The van der Waals surface area contributed by atoms with Gasteiger partial charge in [0.05, 0.1) is 5.60 Å². The van der Waals surface area contributed by atoms with Crippen molar-refractivity contribution in [1.29, 1.82) is 0 Å². The predicted molar refractivity (Wildman–Crippen MR) is 66.7 cm³/mol. The second-order valence-corrected chi connectivity index (χ2v) is 5.97. The quantitative estimate of drug-likeness (QED) is 0.779. The van der Waals surface area contributed by atoms with Crippen molar-refractivity contribution in [2.75, 3.05) is 0 Å². The number of thiophene rings is 1. The number of rotatable bonds is 2. The van der Waals surface area contributed by atoms with Gasteiger partial charge in [-0.05, 0) is 36.8 Å². The molecule has 16 heavy (non-hydrogen) atoms. The first-order valence-corrected chi connectivity index (χ1v) is 6.96. The van der Waals surface area contributed by atoms with Gasteiger partial charge in [-0.3, -0.25) is 0 Å². The fraction of sp³-hybridized carbons (Fsp3) is 0.692. The van der Waals surface area contributed by atoms with Crippen LogP contribution in [0.2, 0.25) is 0 Å². The van der Waals surface area contributed by atoms with Crippen molar-refractivity contribution in [3.63, 3.8) is 0 Å². The summed E-state index contributed by atoms with van der Waals surface area (Å²) >= 11 is 1.63. The Morgan fingerprint density at radius 3 is 2.38 bits per heavy atom. The van der Waals surface area contributed by atoms with Crippen molar-refractivity contribution in [1.82, 2.24) is 0 Å². The Balaban J connectivity index is 2.18. The highest BCUT2D eigenvalue weighted by Crippen LogP contribution is 2.39. The standard InChI is InChI=1S/C13H20O2S/c1-10-11(6-9-16-10)12(14)13(15)7-4-2-3-5-8-13/h6,9,12,14-15H,2-5,7-8H2,1H3. The van der Waals surface area contributed by atoms with Crippen molar-refractivity contribution >= 4 is 11.3 Å². The normalized spacial score (nSPS) is 22.7. The van der Waals surface area contributed by atoms with Gasteiger partial charge in [-0.1, -0.05) is 25.7 Å². The summed E-state index contributed by atoms with van der Waals surface area (Å²) < 4.78 is 0. The molecule has 0 aromatic carbocycles. The highest BCUT2D eigenvalue weighted by Gasteiger charge is 2.37. The van der Waals surface area contributed by atoms with Gasteiger partial charge in [0.1, 0.15) is 6.10 Å². The summed E-state index contributed by atoms with van der Waals surface area (Å²) in [6.07, 6.45) is 5.15. The van der Waals surface area contributed by atoms with Crippen LogP contribution in [0.5, 0.6) is 0 Å². The Labute approximate surface area is 101 Å². The highest BCUT2D eigenvalue weighted by molar-refractivity contribution is 7.10. The Morgan fingerprint density at radius 1 is 1.25 bits per heavy atom. The molecule has 2 rings (SSSR count). The molecule has 90 valence electrons. The number of hydrogen-bond acceptors (Lipinski definition) is 3. The van der Waals surface area contributed by atoms with E-state index in [1.54, 1.807) is 11.3 Å². The van der Waals surface area contributed by atoms with Crippen molar-refractivity contribution < 1.29 is 10.2 Å². The van der Waals surface area contributed by atoms with E-state index in [1.807, 2.05) is 18.4 Å². The van der Waals surface area contributed by atoms with Gasteiger partial charge < -0.3 is 10.2 Å². The van der Waals surface area contributed by atoms with Gasteiger partial charge in [0.2, 0.25) is 0 Å². The largest absolute Gasteiger partial charge is 0.387 e. The van der Waals surface area contributed by atoms with Crippen LogP contribution in [0.4, 0.5) is 0 Å². The minimum Gasteiger partial charge on any atom is -0.387 e. The summed E-state index contributed by atoms with van der Waals surface area (Å²) in [6, 6.07) is 1.94. The Hall–Kier alpha value is -0.380. The first-order chi connectivity index (χ1) is 7.63. The molecule has 1 aromatic heterocycles. The van der Waals surface area contributed by atoms with Crippen LogP contribution in [0.3, 0.4) is 0 Å². The lowest BCUT2D eigenvalue weighted by atomic mass is 9.85. The van der Waals surface area contributed by atoms with Gasteiger partial charge in [0.15, 0.2) is 0 Å². The second-order valence-electron chi connectivity index (χ2n) is 4.85. The molecule has 0 amide bonds. The molecule has 1 heterocycles. The smallest absolute Gasteiger partial charge is 0.109 e. The summed E-state index contributed by atoms with van der Waals surface area (Å²) in [6.45, 7) is 2.00. The topological polar surface area (TPSA) is 40.5 Å². The number of hydrogen-bond donors (Lipinski definition) is 2. The summed E-state index contributed by atoms with van der Waals surface area (Å²) in [5.41, 5.74) is 0.0110. The molecule has 1 unspecified atom stereocenters. The zero-order chi connectivity index (χ0) is 11.6. The average molecular weight is 240 g/mol. The van der Waals surface area contributed by atoms with Crippen LogP contribution in [-0.4, -0.2) is 15.8 Å². The first kappa shape index (κ1) is 12.1. The third kappa shape index (κ3) is 2.31. The van der Waals surface area contributed by atoms with E-state index in [4.69, 9.17) is 0 Å². The van der Waals surface area contributed by atoms with E-state index in [9.17, 15) is 10.2 Å². The molecule has 1 aliphatic carbocycles. The van der Waals surface area contributed by atoms with E-state index in [1.165, 1.54) is 12.8 Å². The maximum atomic E-state index is 10.6. The molecular weight excluding hydrogens is 220 g/mol. The molecule has 3 heteroatoms. The lowest BCUT2D eigenvalue weighted by Gasteiger charge is -2.32. The van der Waals surface area contributed by atoms with Crippen LogP contribution in [0.25, 0.3) is 0 Å². The second kappa shape index (κ2) is 4.86. The zero-order valence-electron chi connectivity index (χ0n) is 9.78. The van der Waals surface area contributed by atoms with Crippen molar-refractivity contribution in [2.24, 2.45) is 0 Å². The SMILES string of the molecule is Cc1sccc1C(O)C1(O)CCCCCC1. The molecule has 2 N–H and O–H groups in total. The fourth-order valence-electron chi connectivity index (χ4n) is 2.58. The van der Waals surface area contributed by atoms with E-state index in [-0.39, 0.29) is 0 Å². The summed E-state index contributed by atoms with van der Waals surface area (Å²) in [4.78, 5) is 1.12. The highest BCUT2D eigenvalue weighted by atomic mass is 32.1. The predicted octanol–water partition coefficient (Wildman–Crippen LogP) is 3.18. The molecule has 1 fully saturated rings. The van der Waals surface area contributed by atoms with Crippen LogP contribution < -0.4 is 0 Å². The Kier molecular flexibility index (Phi) is 3.67. The molecule has 0 radical (unpaired) electrons. The lowest BCUT2D eigenvalue weighted by Crippen LogP contribution is -2.35. The average Bonchev–Trinajstić information content (AvgIpc) is 2.55. The van der Waals surface area contributed by atoms with E-state index >= 15 is 0 Å².